The molecule has 0 N–H and O–H groups in total. The smallest absolute Gasteiger partial charge is 0.260 e. The molecule has 0 unspecified atom stereocenters. The van der Waals surface area contributed by atoms with Crippen molar-refractivity contribution in [1.82, 2.24) is 9.88 Å². The van der Waals surface area contributed by atoms with Crippen LogP contribution in [-0.2, 0) is 4.74 Å². The maximum absolute atomic E-state index is 14.3. The summed E-state index contributed by atoms with van der Waals surface area (Å²) in [5.41, 5.74) is 0.703. The van der Waals surface area contributed by atoms with Crippen molar-refractivity contribution in [3.8, 4) is 11.5 Å². The zero-order valence-electron chi connectivity index (χ0n) is 18.6. The summed E-state index contributed by atoms with van der Waals surface area (Å²) in [5.74, 6) is 0.421. The van der Waals surface area contributed by atoms with Gasteiger partial charge in [0, 0.05) is 37.8 Å². The Morgan fingerprint density at radius 3 is 2.52 bits per heavy atom. The highest BCUT2D eigenvalue weighted by atomic mass is 35.5. The number of benzene rings is 2. The number of carbonyl (C=O) groups is 1. The Hall–Kier alpha value is -2.46. The van der Waals surface area contributed by atoms with E-state index in [0.29, 0.717) is 33.4 Å². The number of rotatable bonds is 8. The Morgan fingerprint density at radius 2 is 1.88 bits per heavy atom. The molecule has 3 aromatic rings. The van der Waals surface area contributed by atoms with Gasteiger partial charge in [0.15, 0.2) is 5.13 Å². The molecule has 4 rings (SSSR count). The van der Waals surface area contributed by atoms with Gasteiger partial charge in [-0.2, -0.15) is 0 Å². The molecule has 1 aromatic heterocycles. The lowest BCUT2D eigenvalue weighted by atomic mass is 10.1. The second kappa shape index (κ2) is 11.6. The highest BCUT2D eigenvalue weighted by molar-refractivity contribution is 7.22. The average Bonchev–Trinajstić information content (AvgIpc) is 3.27. The number of amides is 1. The molecular weight excluding hydrogens is 469 g/mol. The van der Waals surface area contributed by atoms with E-state index < -0.39 is 5.82 Å². The fourth-order valence-corrected chi connectivity index (χ4v) is 4.67. The quantitative estimate of drug-likeness (QED) is 0.465. The zero-order valence-corrected chi connectivity index (χ0v) is 20.2. The van der Waals surface area contributed by atoms with Crippen molar-refractivity contribution in [2.45, 2.75) is 6.42 Å². The molecule has 1 saturated heterocycles. The van der Waals surface area contributed by atoms with Crippen LogP contribution in [-0.4, -0.2) is 69.4 Å². The molecule has 1 fully saturated rings. The summed E-state index contributed by atoms with van der Waals surface area (Å²) in [6.07, 6.45) is 0.755. The first-order valence-electron chi connectivity index (χ1n) is 10.5. The van der Waals surface area contributed by atoms with Crippen molar-refractivity contribution in [2.75, 3.05) is 58.5 Å². The normalized spacial score (nSPS) is 14.0. The number of aromatic nitrogens is 1. The molecule has 1 amide bonds. The number of hydrogen-bond acceptors (Lipinski definition) is 7. The lowest BCUT2D eigenvalue weighted by molar-refractivity contribution is 0.0376. The molecule has 33 heavy (non-hydrogen) atoms. The van der Waals surface area contributed by atoms with E-state index in [1.54, 1.807) is 43.4 Å². The van der Waals surface area contributed by atoms with Crippen LogP contribution in [0.15, 0.2) is 36.4 Å². The van der Waals surface area contributed by atoms with E-state index in [-0.39, 0.29) is 23.8 Å². The van der Waals surface area contributed by atoms with Gasteiger partial charge in [-0.3, -0.25) is 14.6 Å². The number of hydrogen-bond donors (Lipinski definition) is 0. The highest BCUT2D eigenvalue weighted by Crippen LogP contribution is 2.32. The van der Waals surface area contributed by atoms with Gasteiger partial charge in [0.1, 0.15) is 22.8 Å². The molecule has 1 aliphatic rings. The zero-order chi connectivity index (χ0) is 22.5. The predicted octanol–water partition coefficient (Wildman–Crippen LogP) is 4.24. The molecule has 0 radical (unpaired) electrons. The number of thiazole rings is 1. The summed E-state index contributed by atoms with van der Waals surface area (Å²) in [4.78, 5) is 22.0. The first-order valence-corrected chi connectivity index (χ1v) is 11.3. The summed E-state index contributed by atoms with van der Waals surface area (Å²) in [7, 11) is 3.08. The summed E-state index contributed by atoms with van der Waals surface area (Å²) in [6, 6.07) is 9.90. The number of morpholine rings is 1. The molecule has 0 atom stereocenters. The van der Waals surface area contributed by atoms with Crippen LogP contribution in [0.25, 0.3) is 10.2 Å². The van der Waals surface area contributed by atoms with Gasteiger partial charge >= 0.3 is 0 Å². The van der Waals surface area contributed by atoms with Crippen LogP contribution in [0.2, 0.25) is 0 Å². The van der Waals surface area contributed by atoms with E-state index in [2.05, 4.69) is 9.88 Å². The standard InChI is InChI=1S/C23H26FN3O4S.ClH/c1-29-17-13-16(14-18(15-17)30-2)22(28)27(8-4-7-26-9-11-31-12-10-26)23-25-21-19(24)5-3-6-20(21)32-23;/h3,5-6,13-15H,4,7-12H2,1-2H3;1H. The maximum Gasteiger partial charge on any atom is 0.260 e. The number of anilines is 1. The Bertz CT molecular complexity index is 1070. The molecule has 0 spiro atoms. The van der Waals surface area contributed by atoms with Crippen molar-refractivity contribution >= 4 is 45.0 Å². The summed E-state index contributed by atoms with van der Waals surface area (Å²) < 4.78 is 31.0. The Labute approximate surface area is 202 Å². The van der Waals surface area contributed by atoms with Gasteiger partial charge < -0.3 is 14.2 Å². The van der Waals surface area contributed by atoms with Gasteiger partial charge in [0.2, 0.25) is 0 Å². The maximum atomic E-state index is 14.3. The Kier molecular flexibility index (Phi) is 8.85. The van der Waals surface area contributed by atoms with E-state index in [9.17, 15) is 9.18 Å². The SMILES string of the molecule is COc1cc(OC)cc(C(=O)N(CCCN2CCOCC2)c2nc3c(F)cccc3s2)c1.Cl. The third kappa shape index (κ3) is 5.92. The van der Waals surface area contributed by atoms with Crippen molar-refractivity contribution < 1.29 is 23.4 Å². The van der Waals surface area contributed by atoms with Gasteiger partial charge in [-0.05, 0) is 30.7 Å². The van der Waals surface area contributed by atoms with Gasteiger partial charge in [0.25, 0.3) is 5.91 Å². The van der Waals surface area contributed by atoms with Crippen LogP contribution in [0.3, 0.4) is 0 Å². The van der Waals surface area contributed by atoms with Gasteiger partial charge in [-0.1, -0.05) is 17.4 Å². The van der Waals surface area contributed by atoms with Crippen LogP contribution in [0.5, 0.6) is 11.5 Å². The molecule has 10 heteroatoms. The summed E-state index contributed by atoms with van der Waals surface area (Å²) >= 11 is 1.31. The largest absolute Gasteiger partial charge is 0.497 e. The third-order valence-corrected chi connectivity index (χ3v) is 6.44. The number of carbonyl (C=O) groups excluding carboxylic acids is 1. The number of nitrogens with zero attached hydrogens (tertiary/aromatic N) is 3. The monoisotopic (exact) mass is 495 g/mol. The fourth-order valence-electron chi connectivity index (χ4n) is 3.67. The Morgan fingerprint density at radius 1 is 1.18 bits per heavy atom. The number of methoxy groups -OCH3 is 2. The van der Waals surface area contributed by atoms with Crippen LogP contribution < -0.4 is 14.4 Å². The van der Waals surface area contributed by atoms with Crippen molar-refractivity contribution in [3.63, 3.8) is 0 Å². The number of halogens is 2. The summed E-state index contributed by atoms with van der Waals surface area (Å²) in [5, 5.41) is 0.471. The molecule has 1 aliphatic heterocycles. The molecule has 0 aliphatic carbocycles. The number of fused-ring (bicyclic) bond motifs is 1. The first kappa shape index (κ1) is 25.2. The minimum atomic E-state index is -0.395. The van der Waals surface area contributed by atoms with Gasteiger partial charge in [0.05, 0.1) is 32.1 Å². The molecule has 178 valence electrons. The highest BCUT2D eigenvalue weighted by Gasteiger charge is 2.23. The molecule has 2 heterocycles. The topological polar surface area (TPSA) is 64.1 Å². The van der Waals surface area contributed by atoms with Crippen LogP contribution in [0.1, 0.15) is 16.8 Å². The molecular formula is C23H27ClFN3O4S. The number of ether oxygens (including phenoxy) is 3. The third-order valence-electron chi connectivity index (χ3n) is 5.39. The lowest BCUT2D eigenvalue weighted by Gasteiger charge is -2.27. The predicted molar refractivity (Wildman–Crippen MR) is 130 cm³/mol. The fraction of sp³-hybridized carbons (Fsp3) is 0.391. The minimum absolute atomic E-state index is 0. The van der Waals surface area contributed by atoms with Crippen LogP contribution >= 0.6 is 23.7 Å². The molecule has 0 bridgehead atoms. The van der Waals surface area contributed by atoms with Gasteiger partial charge in [-0.25, -0.2) is 9.37 Å². The van der Waals surface area contributed by atoms with E-state index in [1.807, 2.05) is 6.07 Å². The first-order chi connectivity index (χ1) is 15.6. The van der Waals surface area contributed by atoms with Crippen molar-refractivity contribution in [2.24, 2.45) is 0 Å². The lowest BCUT2D eigenvalue weighted by Crippen LogP contribution is -2.39. The van der Waals surface area contributed by atoms with E-state index in [0.717, 1.165) is 39.3 Å². The molecule has 2 aromatic carbocycles. The molecule has 7 nitrogen and oxygen atoms in total. The van der Waals surface area contributed by atoms with Crippen LogP contribution in [0, 0.1) is 5.82 Å². The van der Waals surface area contributed by atoms with Gasteiger partial charge in [-0.15, -0.1) is 12.4 Å². The van der Waals surface area contributed by atoms with Crippen molar-refractivity contribution in [3.05, 3.63) is 47.8 Å². The van der Waals surface area contributed by atoms with E-state index in [4.69, 9.17) is 14.2 Å². The van der Waals surface area contributed by atoms with Crippen molar-refractivity contribution in [1.29, 1.82) is 0 Å². The minimum Gasteiger partial charge on any atom is -0.497 e. The molecule has 0 saturated carbocycles. The number of para-hydroxylation sites is 1. The van der Waals surface area contributed by atoms with E-state index >= 15 is 0 Å². The average molecular weight is 496 g/mol. The Balaban J connectivity index is 0.00000306. The summed E-state index contributed by atoms with van der Waals surface area (Å²) in [6.45, 7) is 4.51. The second-order valence-corrected chi connectivity index (χ2v) is 8.46. The van der Waals surface area contributed by atoms with E-state index in [1.165, 1.54) is 17.4 Å². The van der Waals surface area contributed by atoms with Crippen LogP contribution in [0.4, 0.5) is 9.52 Å². The second-order valence-electron chi connectivity index (χ2n) is 7.45.